The summed E-state index contributed by atoms with van der Waals surface area (Å²) in [5.41, 5.74) is 0. The van der Waals surface area contributed by atoms with E-state index in [0.29, 0.717) is 25.7 Å². The van der Waals surface area contributed by atoms with Crippen molar-refractivity contribution in [3.63, 3.8) is 0 Å². The highest BCUT2D eigenvalue weighted by molar-refractivity contribution is 5.71. The molecule has 2 aliphatic heterocycles. The van der Waals surface area contributed by atoms with Crippen molar-refractivity contribution < 1.29 is 72.8 Å². The van der Waals surface area contributed by atoms with Crippen LogP contribution in [0.2, 0.25) is 0 Å². The lowest BCUT2D eigenvalue weighted by atomic mass is 9.97. The highest BCUT2D eigenvalue weighted by Crippen LogP contribution is 2.39. The van der Waals surface area contributed by atoms with Crippen LogP contribution in [0.3, 0.4) is 0 Å². The van der Waals surface area contributed by atoms with Crippen molar-refractivity contribution in [2.45, 2.75) is 470 Å². The third-order valence-electron chi connectivity index (χ3n) is 20.6. The van der Waals surface area contributed by atoms with Crippen molar-refractivity contribution in [2.24, 2.45) is 23.7 Å². The predicted molar refractivity (Wildman–Crippen MR) is 402 cm³/mol. The van der Waals surface area contributed by atoms with E-state index in [1.165, 1.54) is 212 Å². The Morgan fingerprint density at radius 2 is 0.596 bits per heavy atom. The van der Waals surface area contributed by atoms with Crippen molar-refractivity contribution in [3.05, 3.63) is 0 Å². The second-order valence-corrected chi connectivity index (χ2v) is 32.2. The van der Waals surface area contributed by atoms with Crippen LogP contribution in [0.1, 0.15) is 415 Å². The van der Waals surface area contributed by atoms with Gasteiger partial charge < -0.3 is 53.6 Å². The third kappa shape index (κ3) is 49.1. The first-order valence-corrected chi connectivity index (χ1v) is 42.2. The number of rotatable bonds is 69. The molecule has 15 nitrogen and oxygen atoms in total. The quantitative estimate of drug-likeness (QED) is 0.0253. The minimum Gasteiger partial charge on any atom is -0.463 e. The van der Waals surface area contributed by atoms with Crippen LogP contribution in [0.5, 0.6) is 0 Å². The molecule has 2 heterocycles. The highest BCUT2D eigenvalue weighted by Gasteiger charge is 2.61. The average Bonchev–Trinajstić information content (AvgIpc) is 1.69. The standard InChI is InChI=1S/C84H158O15/c1-68(2)57-49-41-33-25-17-9-13-21-29-37-45-53-61-74(86)93-66-73-80(96-76(88)63-55-47-39-31-23-15-11-19-27-35-43-51-59-70(5)6)79(91)81(97-77(89)64-56-48-40-32-24-16-12-20-28-36-44-52-60-71(7)8)83(95-73)99-84(82(92)78(90)72(65-85)98-84)67-94-75(87)62-54-46-38-30-22-14-10-18-26-34-42-50-58-69(3)4/h68-73,78-83,85,90-92H,9-67H2,1-8H3/t72-,73-,78-,79+,80-,81-,82+,83-,84+/m1/s1. The van der Waals surface area contributed by atoms with Crippen molar-refractivity contribution in [1.82, 2.24) is 0 Å². The van der Waals surface area contributed by atoms with E-state index in [1.807, 2.05) is 0 Å². The monoisotopic (exact) mass is 1410 g/mol. The van der Waals surface area contributed by atoms with Gasteiger partial charge in [-0.2, -0.15) is 0 Å². The van der Waals surface area contributed by atoms with E-state index < -0.39 is 98.5 Å². The topological polar surface area (TPSA) is 214 Å². The lowest BCUT2D eigenvalue weighted by molar-refractivity contribution is -0.384. The summed E-state index contributed by atoms with van der Waals surface area (Å²) in [6.45, 7) is 16.3. The predicted octanol–water partition coefficient (Wildman–Crippen LogP) is 21.3. The number of unbranched alkanes of at least 4 members (excludes halogenated alkanes) is 44. The number of aliphatic hydroxyl groups excluding tert-OH is 4. The molecule has 99 heavy (non-hydrogen) atoms. The van der Waals surface area contributed by atoms with E-state index in [2.05, 4.69) is 55.4 Å². The summed E-state index contributed by atoms with van der Waals surface area (Å²) < 4.78 is 42.9. The molecule has 0 bridgehead atoms. The van der Waals surface area contributed by atoms with Crippen LogP contribution < -0.4 is 0 Å². The second-order valence-electron chi connectivity index (χ2n) is 32.2. The summed E-state index contributed by atoms with van der Waals surface area (Å²) in [7, 11) is 0. The van der Waals surface area contributed by atoms with Crippen molar-refractivity contribution in [2.75, 3.05) is 19.8 Å². The minimum absolute atomic E-state index is 0.00154. The van der Waals surface area contributed by atoms with Gasteiger partial charge in [-0.1, -0.05) is 364 Å². The molecule has 0 unspecified atom stereocenters. The van der Waals surface area contributed by atoms with E-state index in [-0.39, 0.29) is 25.7 Å². The Morgan fingerprint density at radius 3 is 0.879 bits per heavy atom. The van der Waals surface area contributed by atoms with Gasteiger partial charge in [-0.05, 0) is 49.4 Å². The molecule has 0 amide bonds. The molecule has 0 aromatic heterocycles. The normalized spacial score (nSPS) is 21.0. The summed E-state index contributed by atoms with van der Waals surface area (Å²) >= 11 is 0. The maximum atomic E-state index is 14.0. The molecule has 2 rings (SSSR count). The summed E-state index contributed by atoms with van der Waals surface area (Å²) in [5, 5.41) is 46.0. The minimum atomic E-state index is -2.40. The van der Waals surface area contributed by atoms with Gasteiger partial charge in [-0.3, -0.25) is 19.2 Å². The summed E-state index contributed by atoms with van der Waals surface area (Å²) in [6, 6.07) is 0. The van der Waals surface area contributed by atoms with Gasteiger partial charge in [0.2, 0.25) is 12.1 Å². The average molecular weight is 1410 g/mol. The number of ether oxygens (including phenoxy) is 7. The zero-order valence-electron chi connectivity index (χ0n) is 65.4. The lowest BCUT2D eigenvalue weighted by Gasteiger charge is -2.45. The van der Waals surface area contributed by atoms with Gasteiger partial charge in [0.15, 0.2) is 12.2 Å². The van der Waals surface area contributed by atoms with Crippen LogP contribution in [0.25, 0.3) is 0 Å². The van der Waals surface area contributed by atoms with E-state index >= 15 is 0 Å². The molecular weight excluding hydrogens is 1250 g/mol. The van der Waals surface area contributed by atoms with E-state index in [4.69, 9.17) is 33.2 Å². The molecule has 0 saturated carbocycles. The maximum absolute atomic E-state index is 14.0. The number of carbonyl (C=O) groups excluding carboxylic acids is 4. The zero-order valence-corrected chi connectivity index (χ0v) is 65.4. The third-order valence-corrected chi connectivity index (χ3v) is 20.6. The first-order chi connectivity index (χ1) is 47.9. The van der Waals surface area contributed by atoms with Gasteiger partial charge in [0, 0.05) is 25.7 Å². The van der Waals surface area contributed by atoms with Crippen LogP contribution in [-0.2, 0) is 52.3 Å². The highest BCUT2D eigenvalue weighted by atomic mass is 16.8. The van der Waals surface area contributed by atoms with Crippen molar-refractivity contribution >= 4 is 23.9 Å². The smallest absolute Gasteiger partial charge is 0.306 e. The Balaban J connectivity index is 2.22. The number of carbonyl (C=O) groups is 4. The molecular formula is C84H158O15. The number of hydrogen-bond donors (Lipinski definition) is 4. The molecule has 2 fully saturated rings. The van der Waals surface area contributed by atoms with Crippen LogP contribution in [0.4, 0.5) is 0 Å². The fraction of sp³-hybridized carbons (Fsp3) is 0.952. The molecule has 0 aromatic carbocycles. The first kappa shape index (κ1) is 92.7. The number of hydrogen-bond acceptors (Lipinski definition) is 15. The Bertz CT molecular complexity index is 1890. The number of aliphatic hydroxyl groups is 4. The SMILES string of the molecule is CC(C)CCCCCCCCCCCCCCC(=O)OC[C@H]1O[C@H](O[C@]2(COC(=O)CCCCCCCCCCCCCCC(C)C)O[C@H](CO)[C@@H](O)[C@@H]2O)[C@H](OC(=O)CCCCCCCCCCCCCCC(C)C)[C@@H](O)[C@@H]1OC(=O)CCCCCCCCCCCCCCC(C)C. The zero-order chi connectivity index (χ0) is 72.4. The van der Waals surface area contributed by atoms with E-state index in [9.17, 15) is 39.6 Å². The van der Waals surface area contributed by atoms with Gasteiger partial charge in [0.25, 0.3) is 0 Å². The Morgan fingerprint density at radius 1 is 0.333 bits per heavy atom. The first-order valence-electron chi connectivity index (χ1n) is 42.2. The Kier molecular flexibility index (Phi) is 57.9. The fourth-order valence-corrected chi connectivity index (χ4v) is 14.1. The van der Waals surface area contributed by atoms with Crippen LogP contribution in [0, 0.1) is 23.7 Å². The largest absolute Gasteiger partial charge is 0.463 e. The van der Waals surface area contributed by atoms with Gasteiger partial charge in [0.05, 0.1) is 6.61 Å². The van der Waals surface area contributed by atoms with Gasteiger partial charge >= 0.3 is 23.9 Å². The molecule has 2 saturated heterocycles. The Hall–Kier alpha value is -2.40. The van der Waals surface area contributed by atoms with Gasteiger partial charge in [0.1, 0.15) is 43.7 Å². The van der Waals surface area contributed by atoms with E-state index in [1.54, 1.807) is 0 Å². The number of esters is 4. The Labute approximate surface area is 607 Å². The van der Waals surface area contributed by atoms with Gasteiger partial charge in [-0.15, -0.1) is 0 Å². The van der Waals surface area contributed by atoms with Gasteiger partial charge in [-0.25, -0.2) is 0 Å². The summed E-state index contributed by atoms with van der Waals surface area (Å²) in [6.07, 6.45) is 46.5. The molecule has 0 aromatic rings. The molecule has 9 atom stereocenters. The molecule has 4 N–H and O–H groups in total. The van der Waals surface area contributed by atoms with Crippen molar-refractivity contribution in [1.29, 1.82) is 0 Å². The lowest BCUT2D eigenvalue weighted by Crippen LogP contribution is -2.64. The molecule has 0 aliphatic carbocycles. The molecule has 584 valence electrons. The molecule has 0 radical (unpaired) electrons. The second kappa shape index (κ2) is 61.9. The van der Waals surface area contributed by atoms with Crippen LogP contribution in [-0.4, -0.2) is 119 Å². The van der Waals surface area contributed by atoms with Crippen molar-refractivity contribution in [3.8, 4) is 0 Å². The molecule has 0 spiro atoms. The molecule has 15 heteroatoms. The maximum Gasteiger partial charge on any atom is 0.306 e. The molecule has 2 aliphatic rings. The summed E-state index contributed by atoms with van der Waals surface area (Å²) in [5.74, 6) is -1.69. The van der Waals surface area contributed by atoms with Crippen LogP contribution >= 0.6 is 0 Å². The van der Waals surface area contributed by atoms with E-state index in [0.717, 1.165) is 120 Å². The summed E-state index contributed by atoms with van der Waals surface area (Å²) in [4.78, 5) is 54.9. The fourth-order valence-electron chi connectivity index (χ4n) is 14.1. The van der Waals surface area contributed by atoms with Crippen LogP contribution in [0.15, 0.2) is 0 Å².